The zero-order chi connectivity index (χ0) is 13.1. The molecule has 18 heavy (non-hydrogen) atoms. The van der Waals surface area contributed by atoms with Crippen LogP contribution in [-0.2, 0) is 6.42 Å². The Hall–Kier alpha value is -2.29. The van der Waals surface area contributed by atoms with Crippen LogP contribution in [0.15, 0.2) is 42.5 Å². The zero-order valence-corrected chi connectivity index (χ0v) is 10.1. The van der Waals surface area contributed by atoms with Crippen LogP contribution >= 0.6 is 0 Å². The lowest BCUT2D eigenvalue weighted by atomic mass is 9.95. The van der Waals surface area contributed by atoms with Gasteiger partial charge >= 0.3 is 5.97 Å². The summed E-state index contributed by atoms with van der Waals surface area (Å²) >= 11 is 0. The molecule has 0 unspecified atom stereocenters. The van der Waals surface area contributed by atoms with Crippen molar-refractivity contribution in [2.75, 3.05) is 0 Å². The zero-order valence-electron chi connectivity index (χ0n) is 10.1. The van der Waals surface area contributed by atoms with Gasteiger partial charge in [-0.05, 0) is 42.2 Å². The summed E-state index contributed by atoms with van der Waals surface area (Å²) in [7, 11) is 0. The average molecular weight is 242 g/mol. The van der Waals surface area contributed by atoms with Gasteiger partial charge in [-0.1, -0.05) is 30.3 Å². The molecular weight excluding hydrogens is 228 g/mol. The molecular formula is C15H14O3. The number of hydrogen-bond acceptors (Lipinski definition) is 2. The van der Waals surface area contributed by atoms with E-state index in [1.54, 1.807) is 6.92 Å². The Kier molecular flexibility index (Phi) is 3.33. The summed E-state index contributed by atoms with van der Waals surface area (Å²) in [4.78, 5) is 11.2. The van der Waals surface area contributed by atoms with E-state index in [2.05, 4.69) is 0 Å². The van der Waals surface area contributed by atoms with Gasteiger partial charge in [0, 0.05) is 0 Å². The second-order valence-electron chi connectivity index (χ2n) is 4.20. The molecule has 0 saturated carbocycles. The molecule has 2 N–H and O–H groups in total. The van der Waals surface area contributed by atoms with Gasteiger partial charge in [0.05, 0.1) is 5.56 Å². The highest BCUT2D eigenvalue weighted by molar-refractivity contribution is 5.90. The van der Waals surface area contributed by atoms with Crippen molar-refractivity contribution in [2.45, 2.75) is 13.3 Å². The second kappa shape index (κ2) is 4.92. The van der Waals surface area contributed by atoms with Crippen molar-refractivity contribution < 1.29 is 15.0 Å². The molecule has 0 saturated heterocycles. The van der Waals surface area contributed by atoms with Crippen molar-refractivity contribution in [2.24, 2.45) is 0 Å². The maximum absolute atomic E-state index is 11.2. The smallest absolute Gasteiger partial charge is 0.335 e. The summed E-state index contributed by atoms with van der Waals surface area (Å²) in [6, 6.07) is 12.5. The van der Waals surface area contributed by atoms with Crippen LogP contribution in [0, 0.1) is 6.92 Å². The predicted octanol–water partition coefficient (Wildman–Crippen LogP) is 2.99. The first kappa shape index (κ1) is 12.2. The van der Waals surface area contributed by atoms with Gasteiger partial charge in [-0.2, -0.15) is 0 Å². The number of rotatable bonds is 3. The number of aromatic hydroxyl groups is 1. The lowest BCUT2D eigenvalue weighted by Gasteiger charge is -2.11. The van der Waals surface area contributed by atoms with Crippen molar-refractivity contribution in [1.82, 2.24) is 0 Å². The number of carboxylic acid groups (broad SMARTS) is 1. The number of phenolic OH excluding ortho intramolecular Hbond substituents is 1. The molecule has 2 aromatic carbocycles. The molecule has 0 spiro atoms. The molecule has 0 fully saturated rings. The van der Waals surface area contributed by atoms with Crippen LogP contribution in [0.3, 0.4) is 0 Å². The highest BCUT2D eigenvalue weighted by atomic mass is 16.4. The Morgan fingerprint density at radius 1 is 1.11 bits per heavy atom. The number of benzene rings is 2. The highest BCUT2D eigenvalue weighted by Gasteiger charge is 2.15. The van der Waals surface area contributed by atoms with Gasteiger partial charge in [0.1, 0.15) is 5.75 Å². The van der Waals surface area contributed by atoms with Crippen molar-refractivity contribution in [3.05, 3.63) is 64.7 Å². The third kappa shape index (κ3) is 2.35. The maximum Gasteiger partial charge on any atom is 0.335 e. The van der Waals surface area contributed by atoms with Crippen molar-refractivity contribution in [1.29, 1.82) is 0 Å². The first-order valence-electron chi connectivity index (χ1n) is 5.68. The standard InChI is InChI=1S/C15H14O3/c1-10-13(9-11-5-3-2-4-6-11)12(15(17)18)7-8-14(10)16/h2-8,16H,9H2,1H3,(H,17,18). The quantitative estimate of drug-likeness (QED) is 0.869. The molecule has 0 heterocycles. The average Bonchev–Trinajstić information content (AvgIpc) is 2.36. The van der Waals surface area contributed by atoms with Crippen molar-refractivity contribution >= 4 is 5.97 Å². The summed E-state index contributed by atoms with van der Waals surface area (Å²) in [5.41, 5.74) is 2.55. The van der Waals surface area contributed by atoms with E-state index in [1.165, 1.54) is 12.1 Å². The number of aromatic carboxylic acids is 1. The number of phenols is 1. The van der Waals surface area contributed by atoms with E-state index in [-0.39, 0.29) is 11.3 Å². The Morgan fingerprint density at radius 2 is 1.78 bits per heavy atom. The number of carbonyl (C=O) groups is 1. The molecule has 92 valence electrons. The minimum absolute atomic E-state index is 0.130. The summed E-state index contributed by atoms with van der Waals surface area (Å²) in [6.45, 7) is 1.74. The summed E-state index contributed by atoms with van der Waals surface area (Å²) in [5, 5.41) is 18.9. The van der Waals surface area contributed by atoms with Crippen molar-refractivity contribution in [3.8, 4) is 5.75 Å². The van der Waals surface area contributed by atoms with Crippen LogP contribution in [-0.4, -0.2) is 16.2 Å². The third-order valence-corrected chi connectivity index (χ3v) is 3.02. The van der Waals surface area contributed by atoms with Crippen LogP contribution in [0.4, 0.5) is 0 Å². The molecule has 0 aliphatic rings. The topological polar surface area (TPSA) is 57.5 Å². The fourth-order valence-corrected chi connectivity index (χ4v) is 1.97. The van der Waals surface area contributed by atoms with Gasteiger partial charge in [-0.25, -0.2) is 4.79 Å². The van der Waals surface area contributed by atoms with Crippen LogP contribution < -0.4 is 0 Å². The Bertz CT molecular complexity index is 574. The molecule has 3 nitrogen and oxygen atoms in total. The van der Waals surface area contributed by atoms with E-state index >= 15 is 0 Å². The first-order valence-corrected chi connectivity index (χ1v) is 5.68. The SMILES string of the molecule is Cc1c(O)ccc(C(=O)O)c1Cc1ccccc1. The lowest BCUT2D eigenvalue weighted by Crippen LogP contribution is -2.05. The summed E-state index contributed by atoms with van der Waals surface area (Å²) in [5.74, 6) is -0.838. The second-order valence-corrected chi connectivity index (χ2v) is 4.20. The molecule has 0 aliphatic carbocycles. The normalized spacial score (nSPS) is 10.3. The minimum Gasteiger partial charge on any atom is -0.508 e. The van der Waals surface area contributed by atoms with E-state index in [1.807, 2.05) is 30.3 Å². The number of carboxylic acids is 1. The molecule has 2 aromatic rings. The molecule has 0 amide bonds. The molecule has 0 aliphatic heterocycles. The van der Waals surface area contributed by atoms with E-state index < -0.39 is 5.97 Å². The van der Waals surface area contributed by atoms with Gasteiger partial charge in [-0.15, -0.1) is 0 Å². The van der Waals surface area contributed by atoms with Gasteiger partial charge in [0.2, 0.25) is 0 Å². The largest absolute Gasteiger partial charge is 0.508 e. The van der Waals surface area contributed by atoms with Gasteiger partial charge in [0.25, 0.3) is 0 Å². The monoisotopic (exact) mass is 242 g/mol. The van der Waals surface area contributed by atoms with E-state index in [4.69, 9.17) is 0 Å². The predicted molar refractivity (Wildman–Crippen MR) is 69.1 cm³/mol. The van der Waals surface area contributed by atoms with E-state index in [0.29, 0.717) is 17.5 Å². The third-order valence-electron chi connectivity index (χ3n) is 3.02. The van der Waals surface area contributed by atoms with Crippen LogP contribution in [0.5, 0.6) is 5.75 Å². The minimum atomic E-state index is -0.968. The van der Waals surface area contributed by atoms with Crippen LogP contribution in [0.2, 0.25) is 0 Å². The molecule has 0 bridgehead atoms. The van der Waals surface area contributed by atoms with E-state index in [0.717, 1.165) is 5.56 Å². The Labute approximate surface area is 105 Å². The number of hydrogen-bond donors (Lipinski definition) is 2. The van der Waals surface area contributed by atoms with Gasteiger partial charge in [0.15, 0.2) is 0 Å². The Morgan fingerprint density at radius 3 is 2.39 bits per heavy atom. The fraction of sp³-hybridized carbons (Fsp3) is 0.133. The fourth-order valence-electron chi connectivity index (χ4n) is 1.97. The van der Waals surface area contributed by atoms with Crippen LogP contribution in [0.1, 0.15) is 27.0 Å². The lowest BCUT2D eigenvalue weighted by molar-refractivity contribution is 0.0695. The van der Waals surface area contributed by atoms with Gasteiger partial charge in [-0.3, -0.25) is 0 Å². The van der Waals surface area contributed by atoms with Gasteiger partial charge < -0.3 is 10.2 Å². The molecule has 0 aromatic heterocycles. The van der Waals surface area contributed by atoms with Crippen LogP contribution in [0.25, 0.3) is 0 Å². The molecule has 3 heteroatoms. The van der Waals surface area contributed by atoms with Crippen molar-refractivity contribution in [3.63, 3.8) is 0 Å². The summed E-state index contributed by atoms with van der Waals surface area (Å²) < 4.78 is 0. The Balaban J connectivity index is 2.48. The first-order chi connectivity index (χ1) is 8.59. The molecule has 0 atom stereocenters. The highest BCUT2D eigenvalue weighted by Crippen LogP contribution is 2.26. The molecule has 0 radical (unpaired) electrons. The molecule has 2 rings (SSSR count). The summed E-state index contributed by atoms with van der Waals surface area (Å²) in [6.07, 6.45) is 0.503. The maximum atomic E-state index is 11.2. The van der Waals surface area contributed by atoms with E-state index in [9.17, 15) is 15.0 Å².